The first-order chi connectivity index (χ1) is 25.2. The van der Waals surface area contributed by atoms with E-state index in [9.17, 15) is 28.8 Å². The van der Waals surface area contributed by atoms with Gasteiger partial charge in [-0.05, 0) is 48.2 Å². The van der Waals surface area contributed by atoms with Crippen molar-refractivity contribution in [2.45, 2.75) is 36.8 Å². The van der Waals surface area contributed by atoms with E-state index in [2.05, 4.69) is 21.3 Å². The summed E-state index contributed by atoms with van der Waals surface area (Å²) in [7, 11) is 3.04. The summed E-state index contributed by atoms with van der Waals surface area (Å²) in [6.07, 6.45) is 1.66. The minimum atomic E-state index is -0.695. The lowest BCUT2D eigenvalue weighted by molar-refractivity contribution is -0.132. The topological polar surface area (TPSA) is 157 Å². The highest BCUT2D eigenvalue weighted by Gasteiger charge is 2.48. The molecule has 4 N–H and O–H groups in total. The van der Waals surface area contributed by atoms with Gasteiger partial charge < -0.3 is 31.1 Å². The van der Waals surface area contributed by atoms with Gasteiger partial charge in [-0.2, -0.15) is 0 Å². The van der Waals surface area contributed by atoms with Gasteiger partial charge in [0, 0.05) is 75.3 Å². The van der Waals surface area contributed by atoms with Crippen LogP contribution in [0.15, 0.2) is 84.9 Å². The Hall–Kier alpha value is -5.52. The second-order valence-corrected chi connectivity index (χ2v) is 14.4. The highest BCUT2D eigenvalue weighted by molar-refractivity contribution is 6.00. The van der Waals surface area contributed by atoms with Crippen LogP contribution in [0.1, 0.15) is 56.5 Å². The molecule has 0 aromatic heterocycles. The second-order valence-electron chi connectivity index (χ2n) is 14.4. The third-order valence-electron chi connectivity index (χ3n) is 11.1. The number of nitrogens with one attached hydrogen (secondary N) is 4. The monoisotopic (exact) mass is 704 g/mol. The standard InChI is InChI=1S/C40H44N6O6/c1-41-35(47)29-19-45(21-31(29)37(49)43-33-17-27(33)23-9-5-3-6-10-23)39(51)25-13-15-26(16-14-25)40(52)46-20-30(36(48)42-2)32(22-46)38(50)44-34-18-28(34)24-11-7-4-8-12-24/h3-16,27-34H,17-22H2,1-2H3,(H,41,47)(H,42,48)(H,43,49)(H,44,50)/t27-,28-,29-,30-,31-,32-,33+,34+/m1/s1. The Balaban J connectivity index is 0.970. The molecule has 0 spiro atoms. The van der Waals surface area contributed by atoms with Crippen LogP contribution in [0.25, 0.3) is 0 Å². The molecule has 52 heavy (non-hydrogen) atoms. The molecule has 4 fully saturated rings. The van der Waals surface area contributed by atoms with Crippen LogP contribution in [0.3, 0.4) is 0 Å². The molecule has 8 atom stereocenters. The van der Waals surface area contributed by atoms with E-state index in [0.717, 1.165) is 24.0 Å². The van der Waals surface area contributed by atoms with Gasteiger partial charge in [-0.3, -0.25) is 28.8 Å². The van der Waals surface area contributed by atoms with Crippen LogP contribution in [0.4, 0.5) is 0 Å². The molecule has 0 bridgehead atoms. The van der Waals surface area contributed by atoms with E-state index < -0.39 is 23.7 Å². The number of carbonyl (C=O) groups excluding carboxylic acids is 6. The predicted octanol–water partition coefficient (Wildman–Crippen LogP) is 1.90. The summed E-state index contributed by atoms with van der Waals surface area (Å²) in [5.41, 5.74) is 2.96. The number of rotatable bonds is 10. The summed E-state index contributed by atoms with van der Waals surface area (Å²) in [6.45, 7) is 0.374. The molecule has 3 aromatic rings. The summed E-state index contributed by atoms with van der Waals surface area (Å²) in [5.74, 6) is -4.08. The van der Waals surface area contributed by atoms with Crippen LogP contribution in [0.5, 0.6) is 0 Å². The van der Waals surface area contributed by atoms with Crippen LogP contribution in [0.2, 0.25) is 0 Å². The summed E-state index contributed by atoms with van der Waals surface area (Å²) >= 11 is 0. The first kappa shape index (κ1) is 34.9. The molecule has 2 heterocycles. The molecule has 2 aliphatic carbocycles. The lowest BCUT2D eigenvalue weighted by atomic mass is 9.94. The Morgan fingerprint density at radius 2 is 0.808 bits per heavy atom. The number of benzene rings is 3. The van der Waals surface area contributed by atoms with Crippen LogP contribution in [-0.4, -0.2) is 97.6 Å². The third kappa shape index (κ3) is 7.15. The average Bonchev–Trinajstić information content (AvgIpc) is 4.02. The molecule has 12 nitrogen and oxygen atoms in total. The fraction of sp³-hybridized carbons (Fsp3) is 0.400. The van der Waals surface area contributed by atoms with Crippen molar-refractivity contribution < 1.29 is 28.8 Å². The Kier molecular flexibility index (Phi) is 9.81. The van der Waals surface area contributed by atoms with Gasteiger partial charge in [-0.15, -0.1) is 0 Å². The van der Waals surface area contributed by atoms with Gasteiger partial charge in [0.2, 0.25) is 23.6 Å². The highest BCUT2D eigenvalue weighted by Crippen LogP contribution is 2.42. The summed E-state index contributed by atoms with van der Waals surface area (Å²) < 4.78 is 0. The Bertz CT molecular complexity index is 1720. The lowest BCUT2D eigenvalue weighted by Crippen LogP contribution is -2.41. The number of carbonyl (C=O) groups is 6. The van der Waals surface area contributed by atoms with Crippen molar-refractivity contribution in [1.82, 2.24) is 31.1 Å². The van der Waals surface area contributed by atoms with E-state index in [-0.39, 0.29) is 85.5 Å². The van der Waals surface area contributed by atoms with E-state index in [1.807, 2.05) is 60.7 Å². The molecule has 0 unspecified atom stereocenters. The molecule has 7 rings (SSSR count). The number of hydrogen-bond acceptors (Lipinski definition) is 6. The fourth-order valence-electron chi connectivity index (χ4n) is 7.92. The molecule has 2 saturated heterocycles. The van der Waals surface area contributed by atoms with Crippen molar-refractivity contribution in [2.24, 2.45) is 23.7 Å². The van der Waals surface area contributed by atoms with Gasteiger partial charge in [0.15, 0.2) is 0 Å². The molecule has 12 heteroatoms. The van der Waals surface area contributed by atoms with Crippen LogP contribution in [-0.2, 0) is 19.2 Å². The Morgan fingerprint density at radius 3 is 1.13 bits per heavy atom. The van der Waals surface area contributed by atoms with Crippen LogP contribution in [0, 0.1) is 23.7 Å². The zero-order valence-electron chi connectivity index (χ0n) is 29.3. The average molecular weight is 705 g/mol. The van der Waals surface area contributed by atoms with Gasteiger partial charge in [0.05, 0.1) is 23.7 Å². The summed E-state index contributed by atoms with van der Waals surface area (Å²) in [5, 5.41) is 11.5. The molecule has 2 aliphatic heterocycles. The van der Waals surface area contributed by atoms with Gasteiger partial charge in [-0.25, -0.2) is 0 Å². The maximum absolute atomic E-state index is 13.6. The van der Waals surface area contributed by atoms with Crippen molar-refractivity contribution in [3.05, 3.63) is 107 Å². The van der Waals surface area contributed by atoms with E-state index in [4.69, 9.17) is 0 Å². The van der Waals surface area contributed by atoms with Crippen molar-refractivity contribution in [3.63, 3.8) is 0 Å². The SMILES string of the molecule is CNC(=O)[C@@H]1CN(C(=O)c2ccc(C(=O)N3C[C@@H](C(=O)NC)[C@H](C(=O)N[C@H]4C[C@@H]4c4ccccc4)C3)cc2)C[C@H]1C(=O)N[C@H]1C[C@@H]1c1ccccc1. The van der Waals surface area contributed by atoms with Crippen LogP contribution >= 0.6 is 0 Å². The molecular formula is C40H44N6O6. The smallest absolute Gasteiger partial charge is 0.253 e. The third-order valence-corrected chi connectivity index (χ3v) is 11.1. The summed E-state index contributed by atoms with van der Waals surface area (Å²) in [6, 6.07) is 26.2. The Labute approximate surface area is 302 Å². The number of hydrogen-bond donors (Lipinski definition) is 4. The van der Waals surface area contributed by atoms with Crippen molar-refractivity contribution in [3.8, 4) is 0 Å². The fourth-order valence-corrected chi connectivity index (χ4v) is 7.92. The van der Waals surface area contributed by atoms with Crippen molar-refractivity contribution in [1.29, 1.82) is 0 Å². The minimum absolute atomic E-state index is 0.00725. The lowest BCUT2D eigenvalue weighted by Gasteiger charge is -2.18. The Morgan fingerprint density at radius 1 is 0.481 bits per heavy atom. The molecular weight excluding hydrogens is 660 g/mol. The molecule has 270 valence electrons. The normalized spacial score (nSPS) is 27.3. The number of amides is 6. The van der Waals surface area contributed by atoms with E-state index in [0.29, 0.717) is 11.1 Å². The highest BCUT2D eigenvalue weighted by atomic mass is 16.2. The summed E-state index contributed by atoms with van der Waals surface area (Å²) in [4.78, 5) is 82.8. The molecule has 4 aliphatic rings. The van der Waals surface area contributed by atoms with E-state index in [1.165, 1.54) is 23.9 Å². The van der Waals surface area contributed by atoms with E-state index >= 15 is 0 Å². The van der Waals surface area contributed by atoms with E-state index in [1.54, 1.807) is 24.3 Å². The minimum Gasteiger partial charge on any atom is -0.359 e. The van der Waals surface area contributed by atoms with Gasteiger partial charge in [-0.1, -0.05) is 60.7 Å². The molecule has 0 radical (unpaired) electrons. The van der Waals surface area contributed by atoms with Crippen molar-refractivity contribution >= 4 is 35.4 Å². The second kappa shape index (κ2) is 14.6. The van der Waals surface area contributed by atoms with Crippen LogP contribution < -0.4 is 21.3 Å². The number of nitrogens with zero attached hydrogens (tertiary/aromatic N) is 2. The predicted molar refractivity (Wildman–Crippen MR) is 192 cm³/mol. The maximum atomic E-state index is 13.6. The van der Waals surface area contributed by atoms with Crippen molar-refractivity contribution in [2.75, 3.05) is 40.3 Å². The first-order valence-electron chi connectivity index (χ1n) is 18.0. The van der Waals surface area contributed by atoms with Gasteiger partial charge in [0.25, 0.3) is 11.8 Å². The van der Waals surface area contributed by atoms with Gasteiger partial charge >= 0.3 is 0 Å². The molecule has 2 saturated carbocycles. The first-order valence-corrected chi connectivity index (χ1v) is 18.0. The molecule has 6 amide bonds. The van der Waals surface area contributed by atoms with Gasteiger partial charge in [0.1, 0.15) is 0 Å². The quantitative estimate of drug-likeness (QED) is 0.253. The zero-order chi connectivity index (χ0) is 36.5. The number of likely N-dealkylation sites (tertiary alicyclic amines) is 2. The maximum Gasteiger partial charge on any atom is 0.253 e. The largest absolute Gasteiger partial charge is 0.359 e. The zero-order valence-corrected chi connectivity index (χ0v) is 29.3. The molecule has 3 aromatic carbocycles.